The van der Waals surface area contributed by atoms with Crippen LogP contribution in [0, 0.1) is 5.92 Å². The molecule has 3 aromatic rings. The van der Waals surface area contributed by atoms with E-state index in [0.29, 0.717) is 0 Å². The predicted molar refractivity (Wildman–Crippen MR) is 89.9 cm³/mol. The van der Waals surface area contributed by atoms with Gasteiger partial charge in [0, 0.05) is 29.0 Å². The quantitative estimate of drug-likeness (QED) is 0.777. The maximum atomic E-state index is 11.9. The number of nitrogens with one attached hydrogen (secondary N) is 1. The molecular weight excluding hydrogens is 296 g/mol. The summed E-state index contributed by atoms with van der Waals surface area (Å²) in [6.45, 7) is 3.86. The molecule has 0 fully saturated rings. The molecule has 0 saturated heterocycles. The minimum Gasteiger partial charge on any atom is -0.325 e. The summed E-state index contributed by atoms with van der Waals surface area (Å²) in [6.07, 6.45) is 3.98. The lowest BCUT2D eigenvalue weighted by atomic mass is 10.0. The molecule has 1 amide bonds. The highest BCUT2D eigenvalue weighted by Crippen LogP contribution is 2.23. The summed E-state index contributed by atoms with van der Waals surface area (Å²) in [4.78, 5) is 17.5. The smallest absolute Gasteiger partial charge is 0.241 e. The molecule has 0 aliphatic rings. The summed E-state index contributed by atoms with van der Waals surface area (Å²) in [5.74, 6) is -0.0528. The van der Waals surface area contributed by atoms with Crippen LogP contribution in [0.5, 0.6) is 0 Å². The summed E-state index contributed by atoms with van der Waals surface area (Å²) >= 11 is 1.60. The highest BCUT2D eigenvalue weighted by molar-refractivity contribution is 7.15. The zero-order valence-electron chi connectivity index (χ0n) is 12.5. The summed E-state index contributed by atoms with van der Waals surface area (Å²) in [7, 11) is 0. The van der Waals surface area contributed by atoms with Crippen LogP contribution in [0.15, 0.2) is 42.0 Å². The molecule has 1 aromatic carbocycles. The first-order valence-corrected chi connectivity index (χ1v) is 8.01. The van der Waals surface area contributed by atoms with Crippen LogP contribution in [0.2, 0.25) is 0 Å². The van der Waals surface area contributed by atoms with Gasteiger partial charge in [-0.25, -0.2) is 4.98 Å². The van der Waals surface area contributed by atoms with E-state index in [9.17, 15) is 4.79 Å². The Morgan fingerprint density at radius 3 is 2.68 bits per heavy atom. The molecular formula is C16H18N4OS. The molecule has 0 saturated carbocycles. The van der Waals surface area contributed by atoms with Gasteiger partial charge < -0.3 is 11.1 Å². The van der Waals surface area contributed by atoms with Gasteiger partial charge in [0.1, 0.15) is 0 Å². The molecule has 1 atom stereocenters. The Morgan fingerprint density at radius 2 is 2.05 bits per heavy atom. The van der Waals surface area contributed by atoms with Gasteiger partial charge in [0.25, 0.3) is 0 Å². The average molecular weight is 314 g/mol. The zero-order valence-corrected chi connectivity index (χ0v) is 13.3. The number of amides is 1. The number of anilines is 1. The van der Waals surface area contributed by atoms with E-state index in [0.717, 1.165) is 21.9 Å². The lowest BCUT2D eigenvalue weighted by Crippen LogP contribution is -2.39. The highest BCUT2D eigenvalue weighted by Gasteiger charge is 2.17. The first-order chi connectivity index (χ1) is 10.5. The summed E-state index contributed by atoms with van der Waals surface area (Å²) in [5, 5.41) is 4.84. The van der Waals surface area contributed by atoms with Crippen LogP contribution in [0.25, 0.3) is 16.2 Å². The summed E-state index contributed by atoms with van der Waals surface area (Å²) in [6, 6.07) is 7.13. The third-order valence-corrected chi connectivity index (χ3v) is 4.33. The highest BCUT2D eigenvalue weighted by atomic mass is 32.1. The van der Waals surface area contributed by atoms with E-state index in [2.05, 4.69) is 10.3 Å². The van der Waals surface area contributed by atoms with E-state index in [1.54, 1.807) is 11.3 Å². The number of fused-ring (bicyclic) bond motifs is 1. The molecule has 0 aliphatic carbocycles. The number of carbonyl (C=O) groups is 1. The van der Waals surface area contributed by atoms with Crippen molar-refractivity contribution in [3.63, 3.8) is 0 Å². The number of carbonyl (C=O) groups excluding carboxylic acids is 1. The van der Waals surface area contributed by atoms with E-state index >= 15 is 0 Å². The largest absolute Gasteiger partial charge is 0.325 e. The number of nitrogens with two attached hydrogens (primary N) is 1. The predicted octanol–water partition coefficient (Wildman–Crippen LogP) is 2.98. The van der Waals surface area contributed by atoms with Gasteiger partial charge in [0.2, 0.25) is 5.91 Å². The first kappa shape index (κ1) is 14.7. The van der Waals surface area contributed by atoms with E-state index in [1.165, 1.54) is 0 Å². The Balaban J connectivity index is 1.75. The number of hydrogen-bond donors (Lipinski definition) is 2. The zero-order chi connectivity index (χ0) is 15.7. The maximum Gasteiger partial charge on any atom is 0.241 e. The van der Waals surface area contributed by atoms with Crippen molar-refractivity contribution in [3.05, 3.63) is 42.0 Å². The van der Waals surface area contributed by atoms with Gasteiger partial charge in [0.05, 0.1) is 11.7 Å². The van der Waals surface area contributed by atoms with Crippen LogP contribution < -0.4 is 11.1 Å². The third kappa shape index (κ3) is 2.88. The molecule has 2 aromatic heterocycles. The molecule has 1 unspecified atom stereocenters. The number of aromatic nitrogens is 2. The van der Waals surface area contributed by atoms with Gasteiger partial charge in [0.15, 0.2) is 4.96 Å². The molecule has 3 N–H and O–H groups in total. The molecule has 114 valence electrons. The lowest BCUT2D eigenvalue weighted by molar-refractivity contribution is -0.118. The number of imidazole rings is 1. The number of rotatable bonds is 4. The van der Waals surface area contributed by atoms with Crippen molar-refractivity contribution in [3.8, 4) is 11.3 Å². The topological polar surface area (TPSA) is 72.4 Å². The van der Waals surface area contributed by atoms with Crippen LogP contribution in [-0.2, 0) is 4.79 Å². The van der Waals surface area contributed by atoms with Crippen LogP contribution in [0.4, 0.5) is 5.69 Å². The maximum absolute atomic E-state index is 11.9. The molecule has 6 heteroatoms. The van der Waals surface area contributed by atoms with E-state index in [4.69, 9.17) is 5.73 Å². The Kier molecular flexibility index (Phi) is 3.96. The SMILES string of the molecule is CC(C)C(N)C(=O)Nc1ccc(-c2cn3ccsc3n2)cc1. The Morgan fingerprint density at radius 1 is 1.32 bits per heavy atom. The van der Waals surface area contributed by atoms with Crippen molar-refractivity contribution in [2.24, 2.45) is 11.7 Å². The number of nitrogens with zero attached hydrogens (tertiary/aromatic N) is 2. The van der Waals surface area contributed by atoms with E-state index in [1.807, 2.05) is 60.3 Å². The molecule has 0 radical (unpaired) electrons. The van der Waals surface area contributed by atoms with Crippen LogP contribution in [0.1, 0.15) is 13.8 Å². The second kappa shape index (κ2) is 5.90. The Labute approximate surface area is 132 Å². The van der Waals surface area contributed by atoms with Crippen LogP contribution >= 0.6 is 11.3 Å². The van der Waals surface area contributed by atoms with E-state index in [-0.39, 0.29) is 11.8 Å². The molecule has 22 heavy (non-hydrogen) atoms. The molecule has 3 rings (SSSR count). The lowest BCUT2D eigenvalue weighted by Gasteiger charge is -2.15. The van der Waals surface area contributed by atoms with E-state index < -0.39 is 6.04 Å². The minimum absolute atomic E-state index is 0.109. The van der Waals surface area contributed by atoms with Gasteiger partial charge in [-0.15, -0.1) is 11.3 Å². The molecule has 2 heterocycles. The molecule has 5 nitrogen and oxygen atoms in total. The van der Waals surface area contributed by atoms with Gasteiger partial charge in [-0.3, -0.25) is 9.20 Å². The van der Waals surface area contributed by atoms with Crippen molar-refractivity contribution in [2.75, 3.05) is 5.32 Å². The van der Waals surface area contributed by atoms with Gasteiger partial charge in [-0.2, -0.15) is 0 Å². The second-order valence-electron chi connectivity index (χ2n) is 5.56. The third-order valence-electron chi connectivity index (χ3n) is 3.56. The van der Waals surface area contributed by atoms with Gasteiger partial charge in [-0.1, -0.05) is 26.0 Å². The van der Waals surface area contributed by atoms with Crippen molar-refractivity contribution in [2.45, 2.75) is 19.9 Å². The van der Waals surface area contributed by atoms with Crippen molar-refractivity contribution in [1.29, 1.82) is 0 Å². The fraction of sp³-hybridized carbons (Fsp3) is 0.250. The van der Waals surface area contributed by atoms with Gasteiger partial charge in [-0.05, 0) is 18.1 Å². The molecule has 0 spiro atoms. The number of hydrogen-bond acceptors (Lipinski definition) is 4. The summed E-state index contributed by atoms with van der Waals surface area (Å²) < 4.78 is 2.00. The van der Waals surface area contributed by atoms with Crippen LogP contribution in [-0.4, -0.2) is 21.3 Å². The minimum atomic E-state index is -0.500. The van der Waals surface area contributed by atoms with Crippen LogP contribution in [0.3, 0.4) is 0 Å². The molecule has 0 bridgehead atoms. The van der Waals surface area contributed by atoms with Gasteiger partial charge >= 0.3 is 0 Å². The first-order valence-electron chi connectivity index (χ1n) is 7.13. The van der Waals surface area contributed by atoms with Crippen molar-refractivity contribution >= 4 is 27.9 Å². The monoisotopic (exact) mass is 314 g/mol. The Hall–Kier alpha value is -2.18. The second-order valence-corrected chi connectivity index (χ2v) is 6.43. The van der Waals surface area contributed by atoms with Crippen molar-refractivity contribution < 1.29 is 4.79 Å². The normalized spacial score (nSPS) is 12.7. The summed E-state index contributed by atoms with van der Waals surface area (Å²) in [5.41, 5.74) is 8.51. The fourth-order valence-corrected chi connectivity index (χ4v) is 2.82. The fourth-order valence-electron chi connectivity index (χ4n) is 2.12. The standard InChI is InChI=1S/C16H18N4OS/c1-10(2)14(17)15(21)18-12-5-3-11(4-6-12)13-9-20-7-8-22-16(20)19-13/h3-10,14H,17H2,1-2H3,(H,18,21). The number of thiazole rings is 1. The average Bonchev–Trinajstić information content (AvgIpc) is 3.08. The number of benzene rings is 1. The van der Waals surface area contributed by atoms with Crippen molar-refractivity contribution in [1.82, 2.24) is 9.38 Å². The Bertz CT molecular complexity index is 759. The molecule has 0 aliphatic heterocycles.